The largest absolute Gasteiger partial charge is 0.461 e. The topological polar surface area (TPSA) is 81.2 Å². The van der Waals surface area contributed by atoms with Crippen LogP contribution in [0.3, 0.4) is 0 Å². The van der Waals surface area contributed by atoms with E-state index in [4.69, 9.17) is 16.0 Å². The first-order valence-electron chi connectivity index (χ1n) is 10.1. The number of benzene rings is 1. The fourth-order valence-corrected chi connectivity index (χ4v) is 5.24. The first kappa shape index (κ1) is 21.6. The number of halogens is 1. The van der Waals surface area contributed by atoms with Crippen LogP contribution in [0, 0.1) is 0 Å². The average Bonchev–Trinajstić information content (AvgIpc) is 3.42. The Hall–Kier alpha value is -2.58. The van der Waals surface area contributed by atoms with Gasteiger partial charge in [0.25, 0.3) is 0 Å². The van der Waals surface area contributed by atoms with Crippen molar-refractivity contribution < 1.29 is 14.0 Å². The number of furan rings is 1. The zero-order valence-electron chi connectivity index (χ0n) is 17.4. The van der Waals surface area contributed by atoms with Gasteiger partial charge in [-0.2, -0.15) is 0 Å². The second-order valence-corrected chi connectivity index (χ2v) is 8.90. The molecule has 1 fully saturated rings. The van der Waals surface area contributed by atoms with E-state index in [1.54, 1.807) is 41.0 Å². The predicted octanol–water partition coefficient (Wildman–Crippen LogP) is 4.32. The van der Waals surface area contributed by atoms with Crippen LogP contribution in [0.15, 0.2) is 52.2 Å². The van der Waals surface area contributed by atoms with E-state index < -0.39 is 5.54 Å². The summed E-state index contributed by atoms with van der Waals surface area (Å²) in [7, 11) is 3.52. The molecule has 4 rings (SSSR count). The Morgan fingerprint density at radius 3 is 2.77 bits per heavy atom. The van der Waals surface area contributed by atoms with E-state index in [0.717, 1.165) is 12.8 Å². The average molecular weight is 459 g/mol. The molecule has 1 saturated carbocycles. The van der Waals surface area contributed by atoms with Crippen LogP contribution in [-0.2, 0) is 22.2 Å². The van der Waals surface area contributed by atoms with Crippen molar-refractivity contribution in [2.24, 2.45) is 7.05 Å². The highest BCUT2D eigenvalue weighted by Crippen LogP contribution is 2.42. The summed E-state index contributed by atoms with van der Waals surface area (Å²) in [5, 5.41) is 9.43. The highest BCUT2D eigenvalue weighted by Gasteiger charge is 2.47. The van der Waals surface area contributed by atoms with Crippen molar-refractivity contribution in [2.45, 2.75) is 36.4 Å². The molecule has 1 aromatic carbocycles. The summed E-state index contributed by atoms with van der Waals surface area (Å²) in [6, 6.07) is 10.9. The van der Waals surface area contributed by atoms with Crippen molar-refractivity contribution in [3.8, 4) is 11.6 Å². The Morgan fingerprint density at radius 2 is 2.06 bits per heavy atom. The molecule has 0 unspecified atom stereocenters. The summed E-state index contributed by atoms with van der Waals surface area (Å²) in [5.41, 5.74) is -0.339. The fourth-order valence-electron chi connectivity index (χ4n) is 4.13. The summed E-state index contributed by atoms with van der Waals surface area (Å²) < 4.78 is 7.17. The van der Waals surface area contributed by atoms with Gasteiger partial charge in [-0.25, -0.2) is 0 Å². The van der Waals surface area contributed by atoms with Crippen LogP contribution in [0.1, 0.15) is 31.2 Å². The van der Waals surface area contributed by atoms with Crippen LogP contribution in [0.5, 0.6) is 0 Å². The van der Waals surface area contributed by atoms with Crippen molar-refractivity contribution in [3.05, 3.63) is 53.2 Å². The van der Waals surface area contributed by atoms with Crippen molar-refractivity contribution in [1.29, 1.82) is 0 Å². The molecule has 7 nitrogen and oxygen atoms in total. The molecule has 2 aromatic heterocycles. The summed E-state index contributed by atoms with van der Waals surface area (Å²) in [6.07, 6.45) is 4.26. The molecule has 1 amide bonds. The lowest BCUT2D eigenvalue weighted by Crippen LogP contribution is -2.54. The first-order valence-corrected chi connectivity index (χ1v) is 11.4. The van der Waals surface area contributed by atoms with E-state index in [2.05, 4.69) is 10.2 Å². The van der Waals surface area contributed by atoms with Crippen molar-refractivity contribution in [3.63, 3.8) is 0 Å². The molecular formula is C22H23ClN4O3S. The van der Waals surface area contributed by atoms with Crippen molar-refractivity contribution >= 4 is 35.1 Å². The van der Waals surface area contributed by atoms with Gasteiger partial charge in [0.15, 0.2) is 22.5 Å². The van der Waals surface area contributed by atoms with Crippen LogP contribution in [-0.4, -0.2) is 44.2 Å². The lowest BCUT2D eigenvalue weighted by atomic mass is 9.74. The number of rotatable bonds is 6. The Morgan fingerprint density at radius 1 is 1.26 bits per heavy atom. The van der Waals surface area contributed by atoms with Gasteiger partial charge in [-0.15, -0.1) is 10.2 Å². The molecule has 0 spiro atoms. The molecule has 1 aliphatic rings. The van der Waals surface area contributed by atoms with Gasteiger partial charge in [-0.05, 0) is 37.5 Å². The minimum Gasteiger partial charge on any atom is -0.461 e. The zero-order chi connectivity index (χ0) is 22.0. The minimum absolute atomic E-state index is 0.0338. The number of hydrogen-bond donors (Lipinski definition) is 0. The Bertz CT molecular complexity index is 1100. The maximum Gasteiger partial charge on any atom is 0.233 e. The third-order valence-electron chi connectivity index (χ3n) is 5.82. The molecule has 31 heavy (non-hydrogen) atoms. The molecule has 0 aliphatic heterocycles. The number of ketones is 1. The van der Waals surface area contributed by atoms with Gasteiger partial charge < -0.3 is 13.9 Å². The number of carbonyl (C=O) groups excluding carboxylic acids is 2. The quantitative estimate of drug-likeness (QED) is 0.512. The molecule has 3 aromatic rings. The first-order chi connectivity index (χ1) is 14.9. The van der Waals surface area contributed by atoms with E-state index in [0.29, 0.717) is 40.2 Å². The van der Waals surface area contributed by atoms with Crippen LogP contribution >= 0.6 is 23.4 Å². The number of aromatic nitrogens is 3. The lowest BCUT2D eigenvalue weighted by molar-refractivity contribution is -0.146. The Labute approximate surface area is 189 Å². The van der Waals surface area contributed by atoms with Gasteiger partial charge in [-0.1, -0.05) is 41.6 Å². The monoisotopic (exact) mass is 458 g/mol. The second kappa shape index (κ2) is 8.88. The van der Waals surface area contributed by atoms with Crippen LogP contribution in [0.4, 0.5) is 0 Å². The molecule has 0 radical (unpaired) electrons. The number of Topliss-reactive ketones (excluding diaryl/α,β-unsaturated/α-hetero) is 1. The van der Waals surface area contributed by atoms with Crippen LogP contribution in [0.25, 0.3) is 11.6 Å². The lowest BCUT2D eigenvalue weighted by Gasteiger charge is -2.44. The number of likely N-dealkylation sites (N-methyl/N-ethyl adjacent to an activating group) is 1. The van der Waals surface area contributed by atoms with E-state index in [-0.39, 0.29) is 17.4 Å². The third kappa shape index (κ3) is 3.90. The highest BCUT2D eigenvalue weighted by molar-refractivity contribution is 7.99. The number of thioether (sulfide) groups is 1. The molecule has 0 bridgehead atoms. The van der Waals surface area contributed by atoms with Gasteiger partial charge in [0.1, 0.15) is 5.54 Å². The number of hydrogen-bond acceptors (Lipinski definition) is 6. The number of carbonyl (C=O) groups is 2. The highest BCUT2D eigenvalue weighted by atomic mass is 35.5. The summed E-state index contributed by atoms with van der Waals surface area (Å²) in [6.45, 7) is 0. The summed E-state index contributed by atoms with van der Waals surface area (Å²) in [5.74, 6) is 1.19. The SMILES string of the molecule is CN(C(=O)CSc1nnc(-c2ccco2)n1C)[C@]1(c2ccccc2Cl)CCCCC1=O. The van der Waals surface area contributed by atoms with E-state index in [1.165, 1.54) is 11.8 Å². The summed E-state index contributed by atoms with van der Waals surface area (Å²) >= 11 is 7.76. The molecule has 1 aliphatic carbocycles. The molecular weight excluding hydrogens is 436 g/mol. The van der Waals surface area contributed by atoms with Gasteiger partial charge in [0, 0.05) is 31.1 Å². The van der Waals surface area contributed by atoms with E-state index in [1.807, 2.05) is 25.2 Å². The standard InChI is InChI=1S/C22H23ClN4O3S/c1-26-20(17-10-7-13-30-17)24-25-21(26)31-14-19(29)27(2)22(12-6-5-11-18(22)28)15-8-3-4-9-16(15)23/h3-4,7-10,13H,5-6,11-12,14H2,1-2H3/t22-/m0/s1. The second-order valence-electron chi connectivity index (χ2n) is 7.55. The zero-order valence-corrected chi connectivity index (χ0v) is 18.9. The number of nitrogens with zero attached hydrogens (tertiary/aromatic N) is 4. The van der Waals surface area contributed by atoms with Crippen molar-refractivity contribution in [2.75, 3.05) is 12.8 Å². The fraction of sp³-hybridized carbons (Fsp3) is 0.364. The number of amides is 1. The van der Waals surface area contributed by atoms with Gasteiger partial charge >= 0.3 is 0 Å². The smallest absolute Gasteiger partial charge is 0.233 e. The normalized spacial score (nSPS) is 18.9. The van der Waals surface area contributed by atoms with Gasteiger partial charge in [0.2, 0.25) is 5.91 Å². The Kier molecular flexibility index (Phi) is 6.20. The van der Waals surface area contributed by atoms with E-state index >= 15 is 0 Å². The summed E-state index contributed by atoms with van der Waals surface area (Å²) in [4.78, 5) is 28.0. The maximum atomic E-state index is 13.2. The Balaban J connectivity index is 1.56. The van der Waals surface area contributed by atoms with E-state index in [9.17, 15) is 9.59 Å². The van der Waals surface area contributed by atoms with Crippen LogP contribution in [0.2, 0.25) is 5.02 Å². The molecule has 162 valence electrons. The molecule has 0 N–H and O–H groups in total. The van der Waals surface area contributed by atoms with Crippen LogP contribution < -0.4 is 0 Å². The minimum atomic E-state index is -1.03. The van der Waals surface area contributed by atoms with Crippen molar-refractivity contribution in [1.82, 2.24) is 19.7 Å². The predicted molar refractivity (Wildman–Crippen MR) is 119 cm³/mol. The molecule has 9 heteroatoms. The van der Waals surface area contributed by atoms with Gasteiger partial charge in [-0.3, -0.25) is 9.59 Å². The van der Waals surface area contributed by atoms with Gasteiger partial charge in [0.05, 0.1) is 12.0 Å². The third-order valence-corrected chi connectivity index (χ3v) is 7.16. The molecule has 0 saturated heterocycles. The molecule has 2 heterocycles. The molecule has 1 atom stereocenters. The maximum absolute atomic E-state index is 13.2.